The van der Waals surface area contributed by atoms with Crippen LogP contribution in [-0.4, -0.2) is 41.7 Å². The molecule has 0 aliphatic carbocycles. The third-order valence-corrected chi connectivity index (χ3v) is 3.75. The molecule has 0 bridgehead atoms. The predicted octanol–water partition coefficient (Wildman–Crippen LogP) is 1.95. The fourth-order valence-electron chi connectivity index (χ4n) is 2.34. The summed E-state index contributed by atoms with van der Waals surface area (Å²) in [6, 6.07) is 5.79. The van der Waals surface area contributed by atoms with Gasteiger partial charge in [0.25, 0.3) is 5.56 Å². The van der Waals surface area contributed by atoms with Gasteiger partial charge in [0.2, 0.25) is 0 Å². The molecule has 1 aromatic heterocycles. The van der Waals surface area contributed by atoms with E-state index in [1.165, 1.54) is 19.4 Å². The molecule has 0 fully saturated rings. The van der Waals surface area contributed by atoms with E-state index < -0.39 is 0 Å². The number of hydrogen-bond acceptors (Lipinski definition) is 3. The number of nitrogens with zero attached hydrogens (tertiary/aromatic N) is 2. The molecule has 0 amide bonds. The fourth-order valence-corrected chi connectivity index (χ4v) is 2.34. The van der Waals surface area contributed by atoms with Crippen LogP contribution in [0.4, 0.5) is 0 Å². The zero-order chi connectivity index (χ0) is 14.8. The van der Waals surface area contributed by atoms with Gasteiger partial charge < -0.3 is 14.8 Å². The fraction of sp³-hybridized carbons (Fsp3) is 0.688. The molecule has 4 heteroatoms. The molecule has 1 N–H and O–H groups in total. The summed E-state index contributed by atoms with van der Waals surface area (Å²) in [5, 5.41) is 3.49. The predicted molar refractivity (Wildman–Crippen MR) is 85.2 cm³/mol. The number of aromatic nitrogens is 1. The van der Waals surface area contributed by atoms with Crippen molar-refractivity contribution in [3.05, 3.63) is 34.7 Å². The summed E-state index contributed by atoms with van der Waals surface area (Å²) in [5.41, 5.74) is 0.0727. The molecule has 4 nitrogen and oxygen atoms in total. The Morgan fingerprint density at radius 3 is 2.70 bits per heavy atom. The van der Waals surface area contributed by atoms with Crippen molar-refractivity contribution >= 4 is 0 Å². The Balaban J connectivity index is 2.16. The summed E-state index contributed by atoms with van der Waals surface area (Å²) in [6.45, 7) is 11.7. The van der Waals surface area contributed by atoms with E-state index in [1.54, 1.807) is 16.7 Å². The second kappa shape index (κ2) is 9.72. The van der Waals surface area contributed by atoms with E-state index in [0.717, 1.165) is 26.2 Å². The molecule has 0 radical (unpaired) electrons. The lowest BCUT2D eigenvalue weighted by Crippen LogP contribution is -2.32. The van der Waals surface area contributed by atoms with Crippen LogP contribution in [0.2, 0.25) is 0 Å². The minimum absolute atomic E-state index is 0.0727. The van der Waals surface area contributed by atoms with Crippen molar-refractivity contribution in [3.8, 4) is 0 Å². The molecule has 114 valence electrons. The maximum atomic E-state index is 11.5. The van der Waals surface area contributed by atoms with Crippen LogP contribution in [0.15, 0.2) is 29.2 Å². The van der Waals surface area contributed by atoms with Crippen LogP contribution in [0.3, 0.4) is 0 Å². The molecular weight excluding hydrogens is 250 g/mol. The molecule has 1 heterocycles. The molecule has 1 atom stereocenters. The van der Waals surface area contributed by atoms with Crippen molar-refractivity contribution < 1.29 is 0 Å². The normalized spacial score (nSPS) is 12.8. The summed E-state index contributed by atoms with van der Waals surface area (Å²) in [6.07, 6.45) is 4.25. The van der Waals surface area contributed by atoms with Crippen LogP contribution < -0.4 is 10.9 Å². The highest BCUT2D eigenvalue weighted by molar-refractivity contribution is 4.93. The van der Waals surface area contributed by atoms with Crippen molar-refractivity contribution in [2.24, 2.45) is 0 Å². The van der Waals surface area contributed by atoms with Crippen LogP contribution in [0.5, 0.6) is 0 Å². The molecule has 1 rings (SSSR count). The van der Waals surface area contributed by atoms with Gasteiger partial charge in [0.15, 0.2) is 0 Å². The molecule has 1 aromatic rings. The average molecular weight is 279 g/mol. The van der Waals surface area contributed by atoms with E-state index in [0.29, 0.717) is 6.04 Å². The zero-order valence-electron chi connectivity index (χ0n) is 13.1. The van der Waals surface area contributed by atoms with Gasteiger partial charge in [0.05, 0.1) is 0 Å². The SMILES string of the molecule is CCN(CC)CCCC(C)NCCn1ccccc1=O. The monoisotopic (exact) mass is 279 g/mol. The van der Waals surface area contributed by atoms with Crippen molar-refractivity contribution in [1.29, 1.82) is 0 Å². The molecule has 0 aromatic carbocycles. The first-order valence-electron chi connectivity index (χ1n) is 7.78. The first-order chi connectivity index (χ1) is 9.67. The lowest BCUT2D eigenvalue weighted by molar-refractivity contribution is 0.290. The summed E-state index contributed by atoms with van der Waals surface area (Å²) in [7, 11) is 0. The Bertz CT molecular complexity index is 412. The minimum atomic E-state index is 0.0727. The van der Waals surface area contributed by atoms with E-state index in [2.05, 4.69) is 31.0 Å². The highest BCUT2D eigenvalue weighted by Crippen LogP contribution is 1.99. The van der Waals surface area contributed by atoms with Gasteiger partial charge in [-0.05, 0) is 45.5 Å². The van der Waals surface area contributed by atoms with Crippen LogP contribution in [0, 0.1) is 0 Å². The highest BCUT2D eigenvalue weighted by atomic mass is 16.1. The Labute approximate surface area is 122 Å². The van der Waals surface area contributed by atoms with Gasteiger partial charge in [-0.3, -0.25) is 4.79 Å². The molecule has 1 unspecified atom stereocenters. The van der Waals surface area contributed by atoms with Crippen LogP contribution in [-0.2, 0) is 6.54 Å². The molecule has 0 saturated heterocycles. The Kier molecular flexibility index (Phi) is 8.23. The largest absolute Gasteiger partial charge is 0.314 e. The van der Waals surface area contributed by atoms with Crippen molar-refractivity contribution in [2.75, 3.05) is 26.2 Å². The maximum absolute atomic E-state index is 11.5. The smallest absolute Gasteiger partial charge is 0.250 e. The van der Waals surface area contributed by atoms with E-state index in [9.17, 15) is 4.79 Å². The van der Waals surface area contributed by atoms with Crippen molar-refractivity contribution in [1.82, 2.24) is 14.8 Å². The van der Waals surface area contributed by atoms with Crippen LogP contribution >= 0.6 is 0 Å². The van der Waals surface area contributed by atoms with E-state index in [1.807, 2.05) is 12.3 Å². The van der Waals surface area contributed by atoms with Crippen LogP contribution in [0.1, 0.15) is 33.6 Å². The third kappa shape index (κ3) is 6.35. The second-order valence-corrected chi connectivity index (χ2v) is 5.26. The number of nitrogens with one attached hydrogen (secondary N) is 1. The average Bonchev–Trinajstić information content (AvgIpc) is 2.46. The molecule has 0 spiro atoms. The van der Waals surface area contributed by atoms with E-state index >= 15 is 0 Å². The summed E-state index contributed by atoms with van der Waals surface area (Å²) >= 11 is 0. The lowest BCUT2D eigenvalue weighted by Gasteiger charge is -2.19. The van der Waals surface area contributed by atoms with Gasteiger partial charge in [-0.2, -0.15) is 0 Å². The zero-order valence-corrected chi connectivity index (χ0v) is 13.1. The first-order valence-corrected chi connectivity index (χ1v) is 7.78. The highest BCUT2D eigenvalue weighted by Gasteiger charge is 2.03. The third-order valence-electron chi connectivity index (χ3n) is 3.75. The van der Waals surface area contributed by atoms with Gasteiger partial charge in [-0.1, -0.05) is 19.9 Å². The van der Waals surface area contributed by atoms with E-state index in [-0.39, 0.29) is 5.56 Å². The summed E-state index contributed by atoms with van der Waals surface area (Å²) in [5.74, 6) is 0. The Hall–Kier alpha value is -1.13. The first kappa shape index (κ1) is 16.9. The van der Waals surface area contributed by atoms with E-state index in [4.69, 9.17) is 0 Å². The molecule has 0 saturated carbocycles. The molecule has 0 aliphatic heterocycles. The van der Waals surface area contributed by atoms with Crippen molar-refractivity contribution in [3.63, 3.8) is 0 Å². The quantitative estimate of drug-likeness (QED) is 0.711. The lowest BCUT2D eigenvalue weighted by atomic mass is 10.1. The minimum Gasteiger partial charge on any atom is -0.314 e. The van der Waals surface area contributed by atoms with Gasteiger partial charge in [0, 0.05) is 31.4 Å². The van der Waals surface area contributed by atoms with Gasteiger partial charge >= 0.3 is 0 Å². The van der Waals surface area contributed by atoms with Gasteiger partial charge in [-0.25, -0.2) is 0 Å². The number of hydrogen-bond donors (Lipinski definition) is 1. The molecular formula is C16H29N3O. The van der Waals surface area contributed by atoms with Crippen molar-refractivity contribution in [2.45, 2.75) is 46.2 Å². The summed E-state index contributed by atoms with van der Waals surface area (Å²) < 4.78 is 1.75. The van der Waals surface area contributed by atoms with Gasteiger partial charge in [-0.15, -0.1) is 0 Å². The molecule has 20 heavy (non-hydrogen) atoms. The number of pyridine rings is 1. The standard InChI is InChI=1S/C16H29N3O/c1-4-18(5-2)12-8-9-15(3)17-11-14-19-13-7-6-10-16(19)20/h6-7,10,13,15,17H,4-5,8-9,11-12,14H2,1-3H3. The van der Waals surface area contributed by atoms with Crippen LogP contribution in [0.25, 0.3) is 0 Å². The topological polar surface area (TPSA) is 37.3 Å². The van der Waals surface area contributed by atoms with Gasteiger partial charge in [0.1, 0.15) is 0 Å². The summed E-state index contributed by atoms with van der Waals surface area (Å²) in [4.78, 5) is 14.0. The maximum Gasteiger partial charge on any atom is 0.250 e. The second-order valence-electron chi connectivity index (χ2n) is 5.26. The Morgan fingerprint density at radius 2 is 2.05 bits per heavy atom. The Morgan fingerprint density at radius 1 is 1.30 bits per heavy atom. The number of rotatable bonds is 10. The molecule has 0 aliphatic rings.